The minimum Gasteiger partial charge on any atom is -0.462 e. The molecular weight excluding hydrogens is 973 g/mol. The summed E-state index contributed by atoms with van der Waals surface area (Å²) in [6, 6.07) is 0. The summed E-state index contributed by atoms with van der Waals surface area (Å²) >= 11 is 0. The Hall–Kier alpha value is -3.41. The quantitative estimate of drug-likeness (QED) is 0.0261. The minimum atomic E-state index is -0.790. The maximum atomic E-state index is 12.9. The maximum absolute atomic E-state index is 12.9. The van der Waals surface area contributed by atoms with Gasteiger partial charge in [-0.05, 0) is 96.3 Å². The topological polar surface area (TPSA) is 78.9 Å². The smallest absolute Gasteiger partial charge is 0.306 e. The third-order valence-electron chi connectivity index (χ3n) is 14.9. The second-order valence-corrected chi connectivity index (χ2v) is 22.7. The van der Waals surface area contributed by atoms with E-state index in [0.717, 1.165) is 109 Å². The molecule has 0 N–H and O–H groups in total. The van der Waals surface area contributed by atoms with Gasteiger partial charge >= 0.3 is 17.9 Å². The molecule has 6 nitrogen and oxygen atoms in total. The van der Waals surface area contributed by atoms with Crippen LogP contribution >= 0.6 is 0 Å². The van der Waals surface area contributed by atoms with Crippen LogP contribution in [0.25, 0.3) is 0 Å². The number of hydrogen-bond donors (Lipinski definition) is 0. The van der Waals surface area contributed by atoms with E-state index in [4.69, 9.17) is 14.2 Å². The van der Waals surface area contributed by atoms with E-state index in [1.165, 1.54) is 193 Å². The molecule has 1 atom stereocenters. The average molecular weight is 1100 g/mol. The summed E-state index contributed by atoms with van der Waals surface area (Å²) in [6.45, 7) is 6.55. The highest BCUT2D eigenvalue weighted by atomic mass is 16.6. The molecule has 79 heavy (non-hydrogen) atoms. The molecule has 0 aromatic rings. The number of esters is 3. The largest absolute Gasteiger partial charge is 0.462 e. The van der Waals surface area contributed by atoms with Crippen LogP contribution in [0.2, 0.25) is 0 Å². The molecule has 0 aliphatic rings. The van der Waals surface area contributed by atoms with Crippen LogP contribution in [-0.2, 0) is 28.6 Å². The lowest BCUT2D eigenvalue weighted by atomic mass is 10.0. The van der Waals surface area contributed by atoms with Crippen molar-refractivity contribution in [3.63, 3.8) is 0 Å². The second-order valence-electron chi connectivity index (χ2n) is 22.7. The highest BCUT2D eigenvalue weighted by Crippen LogP contribution is 2.17. The Morgan fingerprint density at radius 2 is 0.494 bits per heavy atom. The van der Waals surface area contributed by atoms with Gasteiger partial charge in [0.15, 0.2) is 6.10 Å². The summed E-state index contributed by atoms with van der Waals surface area (Å²) in [5.41, 5.74) is 0. The van der Waals surface area contributed by atoms with Gasteiger partial charge in [0.1, 0.15) is 13.2 Å². The molecule has 0 saturated heterocycles. The van der Waals surface area contributed by atoms with E-state index >= 15 is 0 Å². The van der Waals surface area contributed by atoms with Gasteiger partial charge in [0.2, 0.25) is 0 Å². The Kier molecular flexibility index (Phi) is 64.2. The fourth-order valence-electron chi connectivity index (χ4n) is 9.80. The number of ether oxygens (including phenoxy) is 3. The molecule has 0 aromatic carbocycles. The third kappa shape index (κ3) is 65.3. The van der Waals surface area contributed by atoms with Crippen LogP contribution in [0.1, 0.15) is 342 Å². The molecule has 0 heterocycles. The summed E-state index contributed by atoms with van der Waals surface area (Å²) < 4.78 is 16.9. The van der Waals surface area contributed by atoms with Crippen molar-refractivity contribution in [1.82, 2.24) is 0 Å². The zero-order chi connectivity index (χ0) is 57.1. The van der Waals surface area contributed by atoms with E-state index < -0.39 is 6.10 Å². The summed E-state index contributed by atoms with van der Waals surface area (Å²) in [5.74, 6) is -0.892. The van der Waals surface area contributed by atoms with Crippen molar-refractivity contribution < 1.29 is 28.6 Å². The molecule has 0 rings (SSSR count). The summed E-state index contributed by atoms with van der Waals surface area (Å²) in [7, 11) is 0. The number of carbonyl (C=O) groups excluding carboxylic acids is 3. The molecule has 0 bridgehead atoms. The molecule has 6 heteroatoms. The standard InChI is InChI=1S/C73H128O6/c1-4-7-10-13-16-19-22-25-27-29-31-33-35-36-38-39-41-43-45-48-51-54-57-60-63-66-72(75)78-69-70(68-77-71(74)65-62-59-56-53-50-47-24-21-18-15-12-9-6-3)79-73(76)67-64-61-58-55-52-49-46-44-42-40-37-34-32-30-28-26-23-20-17-14-11-8-5-2/h8,11,17,20,26,28-29,31-32,34,40,42,46,49,70H,4-7,9-10,12-16,18-19,21-25,27,30,33,35-39,41,43-45,47-48,50-69H2,1-3H3/b11-8-,20-17-,28-26-,31-29-,34-32-,42-40-,49-46-. The third-order valence-corrected chi connectivity index (χ3v) is 14.9. The average Bonchev–Trinajstić information content (AvgIpc) is 3.45. The first-order chi connectivity index (χ1) is 39.0. The van der Waals surface area contributed by atoms with Crippen molar-refractivity contribution in [3.8, 4) is 0 Å². The molecule has 0 aliphatic heterocycles. The first-order valence-corrected chi connectivity index (χ1v) is 34.1. The monoisotopic (exact) mass is 1100 g/mol. The maximum Gasteiger partial charge on any atom is 0.306 e. The van der Waals surface area contributed by atoms with Crippen LogP contribution in [0.15, 0.2) is 85.1 Å². The molecule has 0 fully saturated rings. The summed E-state index contributed by atoms with van der Waals surface area (Å²) in [4.78, 5) is 38.4. The minimum absolute atomic E-state index is 0.0838. The lowest BCUT2D eigenvalue weighted by molar-refractivity contribution is -0.167. The predicted molar refractivity (Wildman–Crippen MR) is 344 cm³/mol. The molecule has 0 amide bonds. The Labute approximate surface area is 490 Å². The first-order valence-electron chi connectivity index (χ1n) is 34.1. The SMILES string of the molecule is CC/C=C\C/C=C\C/C=C\C/C=C\C/C=C\C/C=C\CCCCCCC(=O)OC(COC(=O)CCCCCCCCCCCCCCC)COC(=O)CCCCCCCCCCCCCCC/C=C\CCCCCCCCCC. The first kappa shape index (κ1) is 75.6. The molecule has 456 valence electrons. The Morgan fingerprint density at radius 1 is 0.266 bits per heavy atom. The van der Waals surface area contributed by atoms with Gasteiger partial charge < -0.3 is 14.2 Å². The molecule has 1 unspecified atom stereocenters. The van der Waals surface area contributed by atoms with Crippen LogP contribution in [-0.4, -0.2) is 37.2 Å². The van der Waals surface area contributed by atoms with E-state index in [0.29, 0.717) is 19.3 Å². The molecular formula is C73H128O6. The molecule has 0 radical (unpaired) electrons. The predicted octanol–water partition coefficient (Wildman–Crippen LogP) is 23.4. The molecule has 0 saturated carbocycles. The van der Waals surface area contributed by atoms with E-state index in [1.54, 1.807) is 0 Å². The van der Waals surface area contributed by atoms with Gasteiger partial charge in [-0.3, -0.25) is 14.4 Å². The summed E-state index contributed by atoms with van der Waals surface area (Å²) in [5, 5.41) is 0. The zero-order valence-corrected chi connectivity index (χ0v) is 52.4. The lowest BCUT2D eigenvalue weighted by Crippen LogP contribution is -2.30. The Bertz CT molecular complexity index is 1500. The van der Waals surface area contributed by atoms with E-state index in [1.807, 2.05) is 0 Å². The number of carbonyl (C=O) groups is 3. The van der Waals surface area contributed by atoms with Gasteiger partial charge in [-0.2, -0.15) is 0 Å². The van der Waals surface area contributed by atoms with Gasteiger partial charge in [-0.15, -0.1) is 0 Å². The van der Waals surface area contributed by atoms with Crippen LogP contribution < -0.4 is 0 Å². The van der Waals surface area contributed by atoms with Crippen LogP contribution in [0, 0.1) is 0 Å². The highest BCUT2D eigenvalue weighted by Gasteiger charge is 2.19. The number of allylic oxidation sites excluding steroid dienone is 14. The summed E-state index contributed by atoms with van der Waals surface area (Å²) in [6.07, 6.45) is 88.9. The number of rotatable bonds is 62. The number of hydrogen-bond acceptors (Lipinski definition) is 6. The van der Waals surface area contributed by atoms with Crippen molar-refractivity contribution in [2.24, 2.45) is 0 Å². The van der Waals surface area contributed by atoms with Crippen molar-refractivity contribution in [2.75, 3.05) is 13.2 Å². The highest BCUT2D eigenvalue weighted by molar-refractivity contribution is 5.71. The van der Waals surface area contributed by atoms with E-state index in [-0.39, 0.29) is 31.1 Å². The Balaban J connectivity index is 4.33. The van der Waals surface area contributed by atoms with Crippen molar-refractivity contribution in [1.29, 1.82) is 0 Å². The van der Waals surface area contributed by atoms with E-state index in [2.05, 4.69) is 106 Å². The fourth-order valence-corrected chi connectivity index (χ4v) is 9.80. The molecule has 0 aliphatic carbocycles. The van der Waals surface area contributed by atoms with Gasteiger partial charge in [0, 0.05) is 19.3 Å². The van der Waals surface area contributed by atoms with Gasteiger partial charge in [-0.25, -0.2) is 0 Å². The van der Waals surface area contributed by atoms with Crippen LogP contribution in [0.4, 0.5) is 0 Å². The van der Waals surface area contributed by atoms with Gasteiger partial charge in [0.25, 0.3) is 0 Å². The number of unbranched alkanes of at least 4 members (excludes halogenated alkanes) is 37. The van der Waals surface area contributed by atoms with Crippen LogP contribution in [0.5, 0.6) is 0 Å². The lowest BCUT2D eigenvalue weighted by Gasteiger charge is -2.18. The normalized spacial score (nSPS) is 12.6. The van der Waals surface area contributed by atoms with Gasteiger partial charge in [0.05, 0.1) is 0 Å². The van der Waals surface area contributed by atoms with Crippen molar-refractivity contribution >= 4 is 17.9 Å². The van der Waals surface area contributed by atoms with Crippen molar-refractivity contribution in [3.05, 3.63) is 85.1 Å². The fraction of sp³-hybridized carbons (Fsp3) is 0.767. The second kappa shape index (κ2) is 67.1. The molecule has 0 aromatic heterocycles. The van der Waals surface area contributed by atoms with E-state index in [9.17, 15) is 14.4 Å². The van der Waals surface area contributed by atoms with Crippen molar-refractivity contribution in [2.45, 2.75) is 348 Å². The van der Waals surface area contributed by atoms with Gasteiger partial charge in [-0.1, -0.05) is 311 Å². The zero-order valence-electron chi connectivity index (χ0n) is 52.4. The van der Waals surface area contributed by atoms with Crippen LogP contribution in [0.3, 0.4) is 0 Å². The Morgan fingerprint density at radius 3 is 0.785 bits per heavy atom. The molecule has 0 spiro atoms.